The van der Waals surface area contributed by atoms with Gasteiger partial charge in [0.15, 0.2) is 11.6 Å². The Hall–Kier alpha value is -2.38. The van der Waals surface area contributed by atoms with Crippen LogP contribution in [0.25, 0.3) is 0 Å². The Morgan fingerprint density at radius 3 is 1.47 bits per heavy atom. The van der Waals surface area contributed by atoms with Gasteiger partial charge in [0.2, 0.25) is 11.6 Å². The third-order valence-electron chi connectivity index (χ3n) is 6.49. The molecule has 2 saturated carbocycles. The molecule has 0 saturated heterocycles. The first-order valence-corrected chi connectivity index (χ1v) is 12.8. The number of hydrogen-bond acceptors (Lipinski definition) is 10. The summed E-state index contributed by atoms with van der Waals surface area (Å²) in [6.07, 6.45) is 10.0. The summed E-state index contributed by atoms with van der Waals surface area (Å²) in [5.74, 6) is 14.8. The minimum atomic E-state index is 0.143. The van der Waals surface area contributed by atoms with Crippen LogP contribution in [0.4, 0.5) is 11.6 Å². The third-order valence-corrected chi connectivity index (χ3v) is 7.61. The van der Waals surface area contributed by atoms with Gasteiger partial charge in [-0.3, -0.25) is 10.0 Å². The van der Waals surface area contributed by atoms with Crippen LogP contribution in [0.1, 0.15) is 64.0 Å². The Balaban J connectivity index is 0.000000191. The Morgan fingerprint density at radius 2 is 1.18 bits per heavy atom. The van der Waals surface area contributed by atoms with Crippen LogP contribution in [0.5, 0.6) is 0 Å². The summed E-state index contributed by atoms with van der Waals surface area (Å²) in [6, 6.07) is 4.42. The van der Waals surface area contributed by atoms with E-state index in [0.29, 0.717) is 23.5 Å². The van der Waals surface area contributed by atoms with Crippen molar-refractivity contribution in [2.24, 2.45) is 23.5 Å². The molecular weight excluding hydrogens is 564 g/mol. The molecule has 34 heavy (non-hydrogen) atoms. The van der Waals surface area contributed by atoms with Gasteiger partial charge in [0.1, 0.15) is 12.1 Å². The Kier molecular flexibility index (Phi) is 9.14. The quantitative estimate of drug-likeness (QED) is 0.393. The highest BCUT2D eigenvalue weighted by atomic mass is 79.9. The summed E-state index contributed by atoms with van der Waals surface area (Å²) in [7, 11) is 0. The van der Waals surface area contributed by atoms with Crippen molar-refractivity contribution in [1.82, 2.24) is 19.9 Å². The molecule has 0 bridgehead atoms. The molecule has 180 valence electrons. The van der Waals surface area contributed by atoms with E-state index in [4.69, 9.17) is 22.2 Å². The predicted molar refractivity (Wildman–Crippen MR) is 136 cm³/mol. The lowest BCUT2D eigenvalue weighted by Gasteiger charge is -2.28. The highest BCUT2D eigenvalue weighted by Crippen LogP contribution is 2.33. The summed E-state index contributed by atoms with van der Waals surface area (Å²) >= 11 is 6.74. The number of nitrogens with zero attached hydrogens (tertiary/aromatic N) is 8. The molecule has 10 nitrogen and oxygen atoms in total. The number of halogens is 2. The maximum atomic E-state index is 8.80. The van der Waals surface area contributed by atoms with Crippen molar-refractivity contribution in [3.63, 3.8) is 0 Å². The molecule has 2 aliphatic rings. The smallest absolute Gasteiger partial charge is 0.234 e. The van der Waals surface area contributed by atoms with Crippen LogP contribution in [-0.4, -0.2) is 32.0 Å². The molecule has 0 amide bonds. The van der Waals surface area contributed by atoms with Crippen molar-refractivity contribution in [3.8, 4) is 12.1 Å². The molecule has 2 aromatic heterocycles. The SMILES string of the molecule is C[C@@H]1CCC[C@@H]1N(N)c1nc(C#N)ncc1Br.C[C@H]1CCC[C@H]1N(N)c1nc(C#N)ncc1Br. The molecule has 0 radical (unpaired) electrons. The zero-order valence-electron chi connectivity index (χ0n) is 19.2. The van der Waals surface area contributed by atoms with E-state index in [0.717, 1.165) is 21.8 Å². The lowest BCUT2D eigenvalue weighted by Crippen LogP contribution is -2.43. The monoisotopic (exact) mass is 590 g/mol. The summed E-state index contributed by atoms with van der Waals surface area (Å²) < 4.78 is 1.44. The van der Waals surface area contributed by atoms with Crippen LogP contribution in [0.2, 0.25) is 0 Å². The fraction of sp³-hybridized carbons (Fsp3) is 0.545. The Bertz CT molecular complexity index is 997. The zero-order chi connectivity index (χ0) is 24.8. The standard InChI is InChI=1S/2C11H14BrN5/c2*1-7-3-2-4-9(7)17(14)11-8(12)6-15-10(5-13)16-11/h2*6-7,9H,2-4,14H2,1H3/t2*7-,9+/m10/s1. The normalized spacial score (nSPS) is 23.4. The van der Waals surface area contributed by atoms with E-state index < -0.39 is 0 Å². The number of nitriles is 2. The highest BCUT2D eigenvalue weighted by Gasteiger charge is 2.30. The lowest BCUT2D eigenvalue weighted by molar-refractivity contribution is 0.486. The second-order valence-electron chi connectivity index (χ2n) is 8.72. The molecule has 0 aromatic carbocycles. The van der Waals surface area contributed by atoms with Gasteiger partial charge >= 0.3 is 0 Å². The van der Waals surface area contributed by atoms with Crippen molar-refractivity contribution >= 4 is 43.5 Å². The molecule has 2 heterocycles. The molecule has 0 aliphatic heterocycles. The first-order valence-electron chi connectivity index (χ1n) is 11.2. The second kappa shape index (κ2) is 11.8. The predicted octanol–water partition coefficient (Wildman–Crippen LogP) is 3.96. The molecule has 2 aromatic rings. The van der Waals surface area contributed by atoms with Crippen LogP contribution < -0.4 is 21.7 Å². The van der Waals surface area contributed by atoms with Gasteiger partial charge in [-0.1, -0.05) is 26.7 Å². The van der Waals surface area contributed by atoms with Crippen molar-refractivity contribution in [1.29, 1.82) is 10.5 Å². The van der Waals surface area contributed by atoms with Gasteiger partial charge in [-0.05, 0) is 69.4 Å². The minimum absolute atomic E-state index is 0.143. The summed E-state index contributed by atoms with van der Waals surface area (Å²) in [6.45, 7) is 4.38. The van der Waals surface area contributed by atoms with Gasteiger partial charge in [0.25, 0.3) is 0 Å². The molecular formula is C22H28Br2N10. The molecule has 12 heteroatoms. The summed E-state index contributed by atoms with van der Waals surface area (Å²) in [4.78, 5) is 16.1. The van der Waals surface area contributed by atoms with Gasteiger partial charge < -0.3 is 0 Å². The van der Waals surface area contributed by atoms with E-state index in [2.05, 4.69) is 65.6 Å². The number of nitrogens with two attached hydrogens (primary N) is 2. The first kappa shape index (κ1) is 26.2. The third kappa shape index (κ3) is 5.99. The zero-order valence-corrected chi connectivity index (χ0v) is 22.4. The molecule has 4 rings (SSSR count). The second-order valence-corrected chi connectivity index (χ2v) is 10.4. The van der Waals surface area contributed by atoms with Crippen LogP contribution in [0.15, 0.2) is 21.3 Å². The molecule has 2 aliphatic carbocycles. The first-order chi connectivity index (χ1) is 16.3. The topological polar surface area (TPSA) is 158 Å². The number of rotatable bonds is 4. The minimum Gasteiger partial charge on any atom is -0.290 e. The molecule has 2 fully saturated rings. The van der Waals surface area contributed by atoms with E-state index in [1.807, 2.05) is 12.1 Å². The van der Waals surface area contributed by atoms with Crippen LogP contribution in [0, 0.1) is 34.5 Å². The number of hydrazine groups is 2. The van der Waals surface area contributed by atoms with Crippen LogP contribution in [-0.2, 0) is 0 Å². The number of anilines is 2. The number of hydrogen-bond donors (Lipinski definition) is 2. The van der Waals surface area contributed by atoms with E-state index >= 15 is 0 Å². The average Bonchev–Trinajstić information content (AvgIpc) is 3.47. The van der Waals surface area contributed by atoms with E-state index in [1.54, 1.807) is 22.4 Å². The van der Waals surface area contributed by atoms with Crippen molar-refractivity contribution in [2.45, 2.75) is 64.5 Å². The van der Waals surface area contributed by atoms with Crippen molar-refractivity contribution in [2.75, 3.05) is 10.0 Å². The molecule has 0 unspecified atom stereocenters. The summed E-state index contributed by atoms with van der Waals surface area (Å²) in [5.41, 5.74) is 0. The van der Waals surface area contributed by atoms with E-state index in [9.17, 15) is 0 Å². The van der Waals surface area contributed by atoms with Gasteiger partial charge in [0.05, 0.1) is 8.95 Å². The fourth-order valence-corrected chi connectivity index (χ4v) is 5.37. The van der Waals surface area contributed by atoms with Gasteiger partial charge in [-0.2, -0.15) is 20.5 Å². The molecule has 0 spiro atoms. The maximum Gasteiger partial charge on any atom is 0.234 e. The van der Waals surface area contributed by atoms with Crippen LogP contribution >= 0.6 is 31.9 Å². The van der Waals surface area contributed by atoms with Crippen molar-refractivity contribution < 1.29 is 0 Å². The maximum absolute atomic E-state index is 8.80. The van der Waals surface area contributed by atoms with Crippen molar-refractivity contribution in [3.05, 3.63) is 33.0 Å². The van der Waals surface area contributed by atoms with Gasteiger partial charge in [-0.25, -0.2) is 21.7 Å². The molecule has 4 atom stereocenters. The lowest BCUT2D eigenvalue weighted by atomic mass is 10.1. The summed E-state index contributed by atoms with van der Waals surface area (Å²) in [5, 5.41) is 20.9. The fourth-order valence-electron chi connectivity index (χ4n) is 4.58. The van der Waals surface area contributed by atoms with E-state index in [1.165, 1.54) is 25.7 Å². The Labute approximate surface area is 216 Å². The van der Waals surface area contributed by atoms with E-state index in [-0.39, 0.29) is 23.7 Å². The van der Waals surface area contributed by atoms with Gasteiger partial charge in [0, 0.05) is 24.5 Å². The van der Waals surface area contributed by atoms with Gasteiger partial charge in [-0.15, -0.1) is 0 Å². The molecule has 4 N–H and O–H groups in total. The number of aromatic nitrogens is 4. The van der Waals surface area contributed by atoms with Crippen LogP contribution in [0.3, 0.4) is 0 Å². The average molecular weight is 592 g/mol. The largest absolute Gasteiger partial charge is 0.290 e. The Morgan fingerprint density at radius 1 is 0.794 bits per heavy atom. The highest BCUT2D eigenvalue weighted by molar-refractivity contribution is 9.11.